The van der Waals surface area contributed by atoms with Crippen LogP contribution in [0.25, 0.3) is 0 Å². The van der Waals surface area contributed by atoms with Crippen molar-refractivity contribution < 1.29 is 32.7 Å². The molecular formula is C20H39O7PSi. The normalized spacial score (nSPS) is 16.0. The van der Waals surface area contributed by atoms with Gasteiger partial charge < -0.3 is 18.6 Å². The van der Waals surface area contributed by atoms with Crippen molar-refractivity contribution in [1.29, 1.82) is 0 Å². The van der Waals surface area contributed by atoms with Crippen molar-refractivity contribution in [3.05, 3.63) is 12.2 Å². The molecule has 7 nitrogen and oxygen atoms in total. The Kier molecular flexibility index (Phi) is 12.5. The fourth-order valence-electron chi connectivity index (χ4n) is 3.25. The zero-order valence-electron chi connectivity index (χ0n) is 19.0. The predicted octanol–water partition coefficient (Wildman–Crippen LogP) is 5.41. The molecule has 0 spiro atoms. The summed E-state index contributed by atoms with van der Waals surface area (Å²) in [6.07, 6.45) is 2.99. The molecule has 1 N–H and O–H groups in total. The van der Waals surface area contributed by atoms with Crippen molar-refractivity contribution in [2.24, 2.45) is 0 Å². The number of Topliss-reactive ketones (excluding diaryl/α,β-unsaturated/α-hetero) is 1. The summed E-state index contributed by atoms with van der Waals surface area (Å²) in [7, 11) is -5.58. The molecule has 0 radical (unpaired) electrons. The molecule has 170 valence electrons. The van der Waals surface area contributed by atoms with Crippen molar-refractivity contribution in [3.8, 4) is 0 Å². The lowest BCUT2D eigenvalue weighted by atomic mass is 9.97. The molecule has 0 amide bonds. The Labute approximate surface area is 176 Å². The molecule has 0 aromatic heterocycles. The van der Waals surface area contributed by atoms with Gasteiger partial charge in [0.05, 0.1) is 18.8 Å². The van der Waals surface area contributed by atoms with Crippen molar-refractivity contribution in [1.82, 2.24) is 0 Å². The molecule has 0 saturated carbocycles. The van der Waals surface area contributed by atoms with Crippen molar-refractivity contribution in [3.63, 3.8) is 0 Å². The fraction of sp³-hybridized carbons (Fsp3) is 0.800. The molecule has 2 atom stereocenters. The Bertz CT molecular complexity index is 585. The molecule has 0 rings (SSSR count). The highest BCUT2D eigenvalue weighted by molar-refractivity contribution is 7.55. The molecule has 0 aromatic rings. The smallest absolute Gasteiger partial charge is 0.340 e. The predicted molar refractivity (Wildman–Crippen MR) is 118 cm³/mol. The Morgan fingerprint density at radius 2 is 1.55 bits per heavy atom. The number of rotatable bonds is 16. The average Bonchev–Trinajstić information content (AvgIpc) is 2.69. The molecule has 0 aliphatic rings. The first-order valence-corrected chi connectivity index (χ1v) is 14.6. The second-order valence-corrected chi connectivity index (χ2v) is 14.4. The zero-order valence-corrected chi connectivity index (χ0v) is 20.9. The third-order valence-electron chi connectivity index (χ3n) is 5.39. The molecule has 0 aliphatic heterocycles. The van der Waals surface area contributed by atoms with Gasteiger partial charge in [0.1, 0.15) is 11.4 Å². The molecule has 0 heterocycles. The van der Waals surface area contributed by atoms with Gasteiger partial charge in [-0.05, 0) is 58.3 Å². The first-order valence-electron chi connectivity index (χ1n) is 10.5. The molecule has 0 bridgehead atoms. The molecule has 0 saturated heterocycles. The Morgan fingerprint density at radius 1 is 1.07 bits per heavy atom. The van der Waals surface area contributed by atoms with Crippen LogP contribution in [0.3, 0.4) is 0 Å². The Hall–Kier alpha value is -0.793. The average molecular weight is 451 g/mol. The van der Waals surface area contributed by atoms with E-state index in [0.29, 0.717) is 6.42 Å². The first-order chi connectivity index (χ1) is 13.5. The molecule has 1 unspecified atom stereocenters. The molecule has 0 aromatic carbocycles. The number of carboxylic acid groups (broad SMARTS) is 1. The standard InChI is InChI=1S/C20H39O7PSi/c1-8-25-28(24,26-9-2)17(6)18(21)13-15-20(7,16-14-19(22)23)27-29(10-3,11-4)12-5/h14,16-17H,8-13,15H2,1-7H3,(H,22,23)/b16-14+/t17?,20-/m1/s1. The third kappa shape index (κ3) is 8.85. The van der Waals surface area contributed by atoms with E-state index in [4.69, 9.17) is 18.6 Å². The van der Waals surface area contributed by atoms with Crippen LogP contribution in [0.15, 0.2) is 12.2 Å². The van der Waals surface area contributed by atoms with Crippen molar-refractivity contribution in [2.75, 3.05) is 13.2 Å². The minimum Gasteiger partial charge on any atom is -0.478 e. The molecule has 0 fully saturated rings. The van der Waals surface area contributed by atoms with E-state index < -0.39 is 33.1 Å². The highest BCUT2D eigenvalue weighted by atomic mass is 31.2. The number of hydrogen-bond donors (Lipinski definition) is 1. The van der Waals surface area contributed by atoms with Gasteiger partial charge in [0, 0.05) is 12.5 Å². The van der Waals surface area contributed by atoms with Crippen LogP contribution in [0.5, 0.6) is 0 Å². The minimum atomic E-state index is -3.53. The second kappa shape index (κ2) is 12.8. The zero-order chi connectivity index (χ0) is 22.7. The number of hydrogen-bond acceptors (Lipinski definition) is 6. The maximum absolute atomic E-state index is 12.9. The van der Waals surface area contributed by atoms with E-state index in [1.165, 1.54) is 6.08 Å². The quantitative estimate of drug-likeness (QED) is 0.191. The van der Waals surface area contributed by atoms with Gasteiger partial charge in [-0.3, -0.25) is 9.36 Å². The summed E-state index contributed by atoms with van der Waals surface area (Å²) in [4.78, 5) is 23.9. The highest BCUT2D eigenvalue weighted by Crippen LogP contribution is 2.53. The fourth-order valence-corrected chi connectivity index (χ4v) is 8.07. The summed E-state index contributed by atoms with van der Waals surface area (Å²) in [6, 6.07) is 2.72. The van der Waals surface area contributed by atoms with Crippen LogP contribution < -0.4 is 0 Å². The number of ketones is 1. The maximum Gasteiger partial charge on any atom is 0.340 e. The third-order valence-corrected chi connectivity index (χ3v) is 12.6. The maximum atomic E-state index is 12.9. The van der Waals surface area contributed by atoms with E-state index in [1.807, 2.05) is 6.92 Å². The van der Waals surface area contributed by atoms with Crippen LogP contribution in [-0.4, -0.2) is 49.7 Å². The highest BCUT2D eigenvalue weighted by Gasteiger charge is 2.40. The van der Waals surface area contributed by atoms with Gasteiger partial charge in [-0.1, -0.05) is 20.8 Å². The summed E-state index contributed by atoms with van der Waals surface area (Å²) in [5.74, 6) is -1.31. The van der Waals surface area contributed by atoms with Crippen LogP contribution >= 0.6 is 7.60 Å². The van der Waals surface area contributed by atoms with Crippen LogP contribution in [0, 0.1) is 0 Å². The van der Waals surface area contributed by atoms with Gasteiger partial charge in [-0.2, -0.15) is 0 Å². The summed E-state index contributed by atoms with van der Waals surface area (Å²) >= 11 is 0. The summed E-state index contributed by atoms with van der Waals surface area (Å²) in [5.41, 5.74) is -1.77. The van der Waals surface area contributed by atoms with E-state index in [9.17, 15) is 14.2 Å². The largest absolute Gasteiger partial charge is 0.478 e. The van der Waals surface area contributed by atoms with E-state index in [0.717, 1.165) is 24.2 Å². The molecule has 29 heavy (non-hydrogen) atoms. The van der Waals surface area contributed by atoms with Gasteiger partial charge in [-0.15, -0.1) is 0 Å². The molecule has 0 aliphatic carbocycles. The van der Waals surface area contributed by atoms with Crippen LogP contribution in [0.4, 0.5) is 0 Å². The lowest BCUT2D eigenvalue weighted by Gasteiger charge is -2.39. The monoisotopic (exact) mass is 450 g/mol. The number of aliphatic carboxylic acids is 1. The number of carboxylic acids is 1. The first kappa shape index (κ1) is 28.2. The van der Waals surface area contributed by atoms with Crippen molar-refractivity contribution in [2.45, 2.75) is 90.7 Å². The van der Waals surface area contributed by atoms with Gasteiger partial charge >= 0.3 is 13.6 Å². The van der Waals surface area contributed by atoms with Crippen molar-refractivity contribution >= 4 is 27.7 Å². The second-order valence-electron chi connectivity index (χ2n) is 7.35. The topological polar surface area (TPSA) is 99.1 Å². The Balaban J connectivity index is 5.53. The van der Waals surface area contributed by atoms with Gasteiger partial charge in [0.2, 0.25) is 0 Å². The molecular weight excluding hydrogens is 411 g/mol. The van der Waals surface area contributed by atoms with Crippen LogP contribution in [-0.2, 0) is 27.6 Å². The summed E-state index contributed by atoms with van der Waals surface area (Å²) in [6.45, 7) is 13.4. The summed E-state index contributed by atoms with van der Waals surface area (Å²) in [5, 5.41) is 9.07. The number of carbonyl (C=O) groups excluding carboxylic acids is 1. The van der Waals surface area contributed by atoms with E-state index in [1.54, 1.807) is 20.8 Å². The van der Waals surface area contributed by atoms with Gasteiger partial charge in [0.15, 0.2) is 8.32 Å². The van der Waals surface area contributed by atoms with Gasteiger partial charge in [0.25, 0.3) is 0 Å². The van der Waals surface area contributed by atoms with Crippen LogP contribution in [0.1, 0.15) is 61.3 Å². The lowest BCUT2D eigenvalue weighted by Crippen LogP contribution is -2.45. The lowest BCUT2D eigenvalue weighted by molar-refractivity contribution is -0.131. The minimum absolute atomic E-state index is 0.0907. The van der Waals surface area contributed by atoms with Gasteiger partial charge in [-0.25, -0.2) is 4.79 Å². The summed E-state index contributed by atoms with van der Waals surface area (Å²) < 4.78 is 30.0. The van der Waals surface area contributed by atoms with E-state index in [2.05, 4.69) is 20.8 Å². The van der Waals surface area contributed by atoms with E-state index in [-0.39, 0.29) is 25.4 Å². The SMILES string of the molecule is CCOP(=O)(OCC)C(C)C(=O)CC[C@](C)(/C=C/C(=O)O)O[Si](CC)(CC)CC. The Morgan fingerprint density at radius 3 is 1.93 bits per heavy atom. The molecule has 9 heteroatoms. The number of carbonyl (C=O) groups is 2. The van der Waals surface area contributed by atoms with E-state index >= 15 is 0 Å². The van der Waals surface area contributed by atoms with Crippen LogP contribution in [0.2, 0.25) is 18.1 Å².